The third-order valence-corrected chi connectivity index (χ3v) is 6.16. The minimum Gasteiger partial charge on any atom is -0.309 e. The molecule has 7 rings (SSSR count). The zero-order valence-electron chi connectivity index (χ0n) is 29.0. The highest BCUT2D eigenvalue weighted by Gasteiger charge is 2.15. The molecular weight excluding hydrogens is 436 g/mol. The molecule has 2 aromatic heterocycles. The summed E-state index contributed by atoms with van der Waals surface area (Å²) >= 11 is 0. The molecule has 0 amide bonds. The van der Waals surface area contributed by atoms with Crippen LogP contribution in [0.25, 0.3) is 55.7 Å². The van der Waals surface area contributed by atoms with Gasteiger partial charge in [-0.25, -0.2) is 0 Å². The first-order valence-corrected chi connectivity index (χ1v) is 11.5. The molecule has 7 aromatic rings. The average Bonchev–Trinajstić information content (AvgIpc) is 3.56. The van der Waals surface area contributed by atoms with Gasteiger partial charge in [-0.15, -0.1) is 0 Å². The fourth-order valence-corrected chi connectivity index (χ4v) is 4.58. The molecule has 36 heavy (non-hydrogen) atoms. The van der Waals surface area contributed by atoms with Crippen LogP contribution in [0.5, 0.6) is 0 Å². The first kappa shape index (κ1) is 12.8. The summed E-state index contributed by atoms with van der Waals surface area (Å²) < 4.78 is 90.0. The van der Waals surface area contributed by atoms with Crippen LogP contribution in [0, 0.1) is 0 Å². The number of para-hydroxylation sites is 2. The van der Waals surface area contributed by atoms with Gasteiger partial charge < -0.3 is 9.13 Å². The Bertz CT molecular complexity index is 2200. The van der Waals surface area contributed by atoms with Crippen LogP contribution in [0.3, 0.4) is 0 Å². The lowest BCUT2D eigenvalue weighted by Crippen LogP contribution is -2.01. The van der Waals surface area contributed by atoms with E-state index < -0.39 is 24.2 Å². The van der Waals surface area contributed by atoms with E-state index in [2.05, 4.69) is 0 Å². The third kappa shape index (κ3) is 3.35. The van der Waals surface area contributed by atoms with Crippen molar-refractivity contribution in [3.05, 3.63) is 145 Å². The molecule has 0 spiro atoms. The molecule has 0 radical (unpaired) electrons. The summed E-state index contributed by atoms with van der Waals surface area (Å²) in [7, 11) is 0. The summed E-state index contributed by atoms with van der Waals surface area (Å²) in [5, 5.41) is 0.156. The Balaban J connectivity index is 1.63. The number of nitrogens with zero attached hydrogens (tertiary/aromatic N) is 2. The van der Waals surface area contributed by atoms with E-state index in [0.29, 0.717) is 33.9 Å². The summed E-state index contributed by atoms with van der Waals surface area (Å²) in [5.74, 6) is 0. The number of hydrogen-bond donors (Lipinski definition) is 0. The molecular formula is C34H24N2. The SMILES string of the molecule is [2H]c1c([2H])c([2H])c2c(c1[2H])c([2H])c(-c1ccccc1)n2-c1cccc(-n2c(-c3ccccc3)c([2H])c3c([2H])c([2H])c([2H])c([2H])c32)c1. The quantitative estimate of drug-likeness (QED) is 0.243. The molecule has 2 nitrogen and oxygen atoms in total. The highest BCUT2D eigenvalue weighted by molar-refractivity contribution is 5.91. The Morgan fingerprint density at radius 3 is 1.39 bits per heavy atom. The van der Waals surface area contributed by atoms with Gasteiger partial charge in [0.05, 0.1) is 36.1 Å². The van der Waals surface area contributed by atoms with Crippen molar-refractivity contribution < 1.29 is 13.7 Å². The summed E-state index contributed by atoms with van der Waals surface area (Å²) in [6.45, 7) is 0. The first-order chi connectivity index (χ1) is 22.0. The van der Waals surface area contributed by atoms with Crippen LogP contribution < -0.4 is 0 Å². The smallest absolute Gasteiger partial charge is 0.0652 e. The van der Waals surface area contributed by atoms with Gasteiger partial charge in [0.2, 0.25) is 0 Å². The summed E-state index contributed by atoms with van der Waals surface area (Å²) in [6, 6.07) is 22.0. The number of rotatable bonds is 4. The minimum absolute atomic E-state index is 0.0578. The van der Waals surface area contributed by atoms with Crippen LogP contribution in [0.2, 0.25) is 0 Å². The second-order valence-corrected chi connectivity index (χ2v) is 8.32. The van der Waals surface area contributed by atoms with Crippen molar-refractivity contribution in [1.82, 2.24) is 9.13 Å². The molecule has 0 saturated carbocycles. The Kier molecular flexibility index (Phi) is 2.99. The minimum atomic E-state index is -0.431. The lowest BCUT2D eigenvalue weighted by Gasteiger charge is -2.16. The van der Waals surface area contributed by atoms with Gasteiger partial charge in [0, 0.05) is 22.1 Å². The van der Waals surface area contributed by atoms with E-state index in [0.717, 1.165) is 0 Å². The Labute approximate surface area is 224 Å². The van der Waals surface area contributed by atoms with Gasteiger partial charge in [0.25, 0.3) is 0 Å². The van der Waals surface area contributed by atoms with Crippen LogP contribution >= 0.6 is 0 Å². The fraction of sp³-hybridized carbons (Fsp3) is 0. The summed E-state index contributed by atoms with van der Waals surface area (Å²) in [6.07, 6.45) is 0. The Morgan fingerprint density at radius 2 is 0.917 bits per heavy atom. The molecule has 5 aromatic carbocycles. The molecule has 0 unspecified atom stereocenters. The molecule has 0 N–H and O–H groups in total. The topological polar surface area (TPSA) is 9.86 Å². The van der Waals surface area contributed by atoms with Gasteiger partial charge in [-0.1, -0.05) is 103 Å². The predicted molar refractivity (Wildman–Crippen MR) is 151 cm³/mol. The van der Waals surface area contributed by atoms with Gasteiger partial charge in [-0.05, 0) is 53.5 Å². The molecule has 0 aliphatic heterocycles. The molecule has 0 saturated heterocycles. The van der Waals surface area contributed by atoms with Crippen molar-refractivity contribution >= 4 is 21.8 Å². The van der Waals surface area contributed by atoms with Crippen LogP contribution in [0.1, 0.15) is 13.7 Å². The van der Waals surface area contributed by atoms with Gasteiger partial charge in [-0.2, -0.15) is 0 Å². The molecule has 170 valence electrons. The average molecular weight is 471 g/mol. The molecule has 0 fully saturated rings. The van der Waals surface area contributed by atoms with E-state index in [1.807, 2.05) is 36.4 Å². The molecule has 0 bridgehead atoms. The Morgan fingerprint density at radius 1 is 0.472 bits per heavy atom. The molecule has 0 atom stereocenters. The van der Waals surface area contributed by atoms with Gasteiger partial charge in [0.1, 0.15) is 0 Å². The monoisotopic (exact) mass is 470 g/mol. The molecule has 2 heterocycles. The number of fused-ring (bicyclic) bond motifs is 2. The molecule has 0 aliphatic carbocycles. The molecule has 2 heteroatoms. The van der Waals surface area contributed by atoms with Crippen LogP contribution in [0.15, 0.2) is 145 Å². The van der Waals surface area contributed by atoms with E-state index in [1.165, 1.54) is 0 Å². The highest BCUT2D eigenvalue weighted by atomic mass is 15.0. The van der Waals surface area contributed by atoms with E-state index in [-0.39, 0.29) is 58.1 Å². The van der Waals surface area contributed by atoms with Crippen LogP contribution in [-0.2, 0) is 0 Å². The van der Waals surface area contributed by atoms with Crippen molar-refractivity contribution in [2.75, 3.05) is 0 Å². The van der Waals surface area contributed by atoms with E-state index in [4.69, 9.17) is 13.7 Å². The number of benzene rings is 5. The largest absolute Gasteiger partial charge is 0.309 e. The maximum absolute atomic E-state index is 9.14. The maximum atomic E-state index is 9.14. The lowest BCUT2D eigenvalue weighted by atomic mass is 10.1. The Hall–Kier alpha value is -4.82. The van der Waals surface area contributed by atoms with E-state index >= 15 is 0 Å². The van der Waals surface area contributed by atoms with Gasteiger partial charge in [0.15, 0.2) is 0 Å². The van der Waals surface area contributed by atoms with Crippen LogP contribution in [-0.4, -0.2) is 9.13 Å². The normalized spacial score (nSPS) is 15.2. The van der Waals surface area contributed by atoms with Crippen LogP contribution in [0.4, 0.5) is 0 Å². The fourth-order valence-electron chi connectivity index (χ4n) is 4.58. The molecule has 0 aliphatic rings. The maximum Gasteiger partial charge on any atom is 0.0652 e. The zero-order valence-corrected chi connectivity index (χ0v) is 19.0. The van der Waals surface area contributed by atoms with E-state index in [1.54, 1.807) is 57.7 Å². The first-order valence-electron chi connectivity index (χ1n) is 16.5. The third-order valence-electron chi connectivity index (χ3n) is 6.16. The lowest BCUT2D eigenvalue weighted by molar-refractivity contribution is 1.09. The standard InChI is InChI=1S/C34H24N2/c1-3-12-25(13-4-1)33-22-27-16-7-9-20-31(27)35(33)29-18-11-19-30(24-29)36-32-21-10-8-17-28(32)23-34(36)26-14-5-2-6-15-26/h1-24H/i7D,8D,9D,10D,16D,17D,20D,21D,22D,23D. The van der Waals surface area contributed by atoms with Gasteiger partial charge >= 0.3 is 0 Å². The van der Waals surface area contributed by atoms with Crippen molar-refractivity contribution in [2.24, 2.45) is 0 Å². The second-order valence-electron chi connectivity index (χ2n) is 8.32. The van der Waals surface area contributed by atoms with Gasteiger partial charge in [-0.3, -0.25) is 0 Å². The van der Waals surface area contributed by atoms with Crippen molar-refractivity contribution in [3.8, 4) is 33.9 Å². The van der Waals surface area contributed by atoms with Crippen molar-refractivity contribution in [1.29, 1.82) is 0 Å². The zero-order chi connectivity index (χ0) is 32.6. The van der Waals surface area contributed by atoms with Crippen molar-refractivity contribution in [2.45, 2.75) is 0 Å². The second kappa shape index (κ2) is 8.44. The highest BCUT2D eigenvalue weighted by Crippen LogP contribution is 2.35. The van der Waals surface area contributed by atoms with E-state index in [9.17, 15) is 0 Å². The summed E-state index contributed by atoms with van der Waals surface area (Å²) in [5.41, 5.74) is 3.17. The number of aromatic nitrogens is 2. The number of hydrogen-bond acceptors (Lipinski definition) is 0. The summed E-state index contributed by atoms with van der Waals surface area (Å²) in [4.78, 5) is 0. The predicted octanol–water partition coefficient (Wildman–Crippen LogP) is 8.91. The van der Waals surface area contributed by atoms with Crippen molar-refractivity contribution in [3.63, 3.8) is 0 Å².